The third kappa shape index (κ3) is 5.01. The minimum atomic E-state index is -3.97. The third-order valence-electron chi connectivity index (χ3n) is 6.42. The number of hydrogen-bond donors (Lipinski definition) is 1. The van der Waals surface area contributed by atoms with Crippen LogP contribution >= 0.6 is 0 Å². The van der Waals surface area contributed by atoms with Crippen LogP contribution in [0.25, 0.3) is 11.1 Å². The lowest BCUT2D eigenvalue weighted by atomic mass is 10.1. The van der Waals surface area contributed by atoms with Gasteiger partial charge in [0.15, 0.2) is 0 Å². The molecule has 0 heterocycles. The first-order valence-corrected chi connectivity index (χ1v) is 13.6. The van der Waals surface area contributed by atoms with Gasteiger partial charge in [-0.2, -0.15) is 0 Å². The van der Waals surface area contributed by atoms with Gasteiger partial charge in [0, 0.05) is 11.1 Å². The van der Waals surface area contributed by atoms with E-state index < -0.39 is 16.1 Å². The molecule has 0 saturated heterocycles. The van der Waals surface area contributed by atoms with Crippen molar-refractivity contribution in [2.75, 3.05) is 24.6 Å². The highest BCUT2D eigenvalue weighted by atomic mass is 32.2. The van der Waals surface area contributed by atoms with Crippen LogP contribution in [-0.2, 0) is 14.9 Å². The largest absolute Gasteiger partial charge is 0.497 e. The minimum absolute atomic E-state index is 0.131. The first-order valence-electron chi connectivity index (χ1n) is 12.2. The zero-order valence-electron chi connectivity index (χ0n) is 21.1. The number of fused-ring (bicyclic) bond motifs is 3. The number of methoxy groups -OCH3 is 1. The van der Waals surface area contributed by atoms with Crippen molar-refractivity contribution in [2.45, 2.75) is 17.9 Å². The van der Waals surface area contributed by atoms with Crippen LogP contribution in [0.3, 0.4) is 0 Å². The van der Waals surface area contributed by atoms with Crippen LogP contribution in [0, 0.1) is 6.92 Å². The number of aliphatic hydroxyl groups excluding tert-OH is 1. The fourth-order valence-electron chi connectivity index (χ4n) is 4.45. The third-order valence-corrected chi connectivity index (χ3v) is 8.23. The van der Waals surface area contributed by atoms with E-state index in [1.54, 1.807) is 55.6 Å². The summed E-state index contributed by atoms with van der Waals surface area (Å²) in [5, 5.41) is 15.2. The number of hydrogen-bond acceptors (Lipinski definition) is 6. The van der Waals surface area contributed by atoms with Crippen LogP contribution in [0.4, 0.5) is 5.69 Å². The summed E-state index contributed by atoms with van der Waals surface area (Å²) in [4.78, 5) is 5.73. The number of sulfonamides is 1. The highest BCUT2D eigenvalue weighted by Gasteiger charge is 2.28. The van der Waals surface area contributed by atoms with Crippen LogP contribution in [0.15, 0.2) is 107 Å². The highest BCUT2D eigenvalue weighted by molar-refractivity contribution is 7.92. The monoisotopic (exact) mass is 528 g/mol. The molecule has 0 saturated carbocycles. The van der Waals surface area contributed by atoms with Crippen LogP contribution in [-0.4, -0.2) is 45.6 Å². The lowest BCUT2D eigenvalue weighted by Crippen LogP contribution is -2.39. The first-order chi connectivity index (χ1) is 18.4. The Bertz CT molecular complexity index is 1520. The van der Waals surface area contributed by atoms with E-state index >= 15 is 0 Å². The average Bonchev–Trinajstić information content (AvgIpc) is 3.26. The molecule has 38 heavy (non-hydrogen) atoms. The second-order valence-electron chi connectivity index (χ2n) is 9.03. The summed E-state index contributed by atoms with van der Waals surface area (Å²) < 4.78 is 33.6. The van der Waals surface area contributed by atoms with E-state index in [0.29, 0.717) is 17.1 Å². The molecule has 1 aliphatic carbocycles. The van der Waals surface area contributed by atoms with E-state index in [-0.39, 0.29) is 18.0 Å². The van der Waals surface area contributed by atoms with Gasteiger partial charge < -0.3 is 14.7 Å². The van der Waals surface area contributed by atoms with Gasteiger partial charge in [-0.05, 0) is 54.4 Å². The Kier molecular flexibility index (Phi) is 7.18. The number of anilines is 1. The van der Waals surface area contributed by atoms with Crippen molar-refractivity contribution >= 4 is 21.4 Å². The van der Waals surface area contributed by atoms with Gasteiger partial charge in [0.1, 0.15) is 24.2 Å². The second kappa shape index (κ2) is 10.7. The average molecular weight is 529 g/mol. The molecule has 1 N–H and O–H groups in total. The predicted molar refractivity (Wildman–Crippen MR) is 148 cm³/mol. The number of aryl methyl sites for hydroxylation is 1. The lowest BCUT2D eigenvalue weighted by molar-refractivity contribution is 0.0456. The lowest BCUT2D eigenvalue weighted by Gasteiger charge is -2.26. The Morgan fingerprint density at radius 3 is 1.92 bits per heavy atom. The van der Waals surface area contributed by atoms with Gasteiger partial charge in [-0.1, -0.05) is 71.4 Å². The molecule has 8 heteroatoms. The van der Waals surface area contributed by atoms with E-state index in [2.05, 4.69) is 5.16 Å². The summed E-state index contributed by atoms with van der Waals surface area (Å²) in [5.41, 5.74) is 6.07. The van der Waals surface area contributed by atoms with Gasteiger partial charge in [0.25, 0.3) is 10.0 Å². The molecule has 0 aliphatic heterocycles. The molecule has 0 aromatic heterocycles. The van der Waals surface area contributed by atoms with Gasteiger partial charge in [0.2, 0.25) is 0 Å². The predicted octanol–water partition coefficient (Wildman–Crippen LogP) is 5.01. The molecule has 5 rings (SSSR count). The van der Waals surface area contributed by atoms with Crippen molar-refractivity contribution in [2.24, 2.45) is 5.16 Å². The summed E-state index contributed by atoms with van der Waals surface area (Å²) in [7, 11) is -2.42. The SMILES string of the molecule is COc1ccc(N(CC(O)CON=C2c3ccccc3-c3ccccc32)S(=O)(=O)c2ccc(C)cc2)cc1. The molecule has 1 unspecified atom stereocenters. The maximum atomic E-state index is 13.6. The number of aliphatic hydroxyl groups is 1. The number of ether oxygens (including phenoxy) is 1. The Labute approximate surface area is 222 Å². The van der Waals surface area contributed by atoms with E-state index in [4.69, 9.17) is 9.57 Å². The van der Waals surface area contributed by atoms with Gasteiger partial charge >= 0.3 is 0 Å². The summed E-state index contributed by atoms with van der Waals surface area (Å²) in [5.74, 6) is 0.596. The second-order valence-corrected chi connectivity index (χ2v) is 10.9. The highest BCUT2D eigenvalue weighted by Crippen LogP contribution is 2.36. The minimum Gasteiger partial charge on any atom is -0.497 e. The zero-order chi connectivity index (χ0) is 26.7. The van der Waals surface area contributed by atoms with Crippen LogP contribution in [0.5, 0.6) is 5.75 Å². The number of oxime groups is 1. The van der Waals surface area contributed by atoms with Gasteiger partial charge in [-0.3, -0.25) is 4.31 Å². The first kappa shape index (κ1) is 25.5. The van der Waals surface area contributed by atoms with Crippen molar-refractivity contribution < 1.29 is 23.1 Å². The Morgan fingerprint density at radius 2 is 1.37 bits per heavy atom. The van der Waals surface area contributed by atoms with Crippen molar-refractivity contribution in [1.29, 1.82) is 0 Å². The number of nitrogens with zero attached hydrogens (tertiary/aromatic N) is 2. The molecule has 7 nitrogen and oxygen atoms in total. The van der Waals surface area contributed by atoms with Crippen LogP contribution < -0.4 is 9.04 Å². The van der Waals surface area contributed by atoms with Crippen molar-refractivity contribution in [3.63, 3.8) is 0 Å². The zero-order valence-corrected chi connectivity index (χ0v) is 21.9. The van der Waals surface area contributed by atoms with Crippen molar-refractivity contribution in [3.8, 4) is 16.9 Å². The normalized spacial score (nSPS) is 12.9. The fourth-order valence-corrected chi connectivity index (χ4v) is 5.95. The number of benzene rings is 4. The molecule has 1 aliphatic rings. The summed E-state index contributed by atoms with van der Waals surface area (Å²) in [6, 6.07) is 29.1. The van der Waals surface area contributed by atoms with Crippen LogP contribution in [0.2, 0.25) is 0 Å². The van der Waals surface area contributed by atoms with Crippen molar-refractivity contribution in [3.05, 3.63) is 114 Å². The molecule has 0 fully saturated rings. The van der Waals surface area contributed by atoms with Crippen molar-refractivity contribution in [1.82, 2.24) is 0 Å². The van der Waals surface area contributed by atoms with E-state index in [1.165, 1.54) is 4.31 Å². The molecule has 0 radical (unpaired) electrons. The summed E-state index contributed by atoms with van der Waals surface area (Å²) in [6.07, 6.45) is -1.14. The Morgan fingerprint density at radius 1 is 0.816 bits per heavy atom. The van der Waals surface area contributed by atoms with Gasteiger partial charge in [-0.25, -0.2) is 8.42 Å². The molecule has 0 spiro atoms. The maximum absolute atomic E-state index is 13.6. The molecule has 4 aromatic carbocycles. The van der Waals surface area contributed by atoms with E-state index in [9.17, 15) is 13.5 Å². The standard InChI is InChI=1S/C30H28N2O5S/c1-21-11-17-25(18-12-21)38(34,35)32(22-13-15-24(36-2)16-14-22)19-23(33)20-37-31-30-28-9-5-3-7-26(28)27-8-4-6-10-29(27)30/h3-18,23,33H,19-20H2,1-2H3. The maximum Gasteiger partial charge on any atom is 0.264 e. The van der Waals surface area contributed by atoms with Crippen LogP contribution in [0.1, 0.15) is 16.7 Å². The Balaban J connectivity index is 1.38. The molecule has 194 valence electrons. The molecule has 0 bridgehead atoms. The molecular weight excluding hydrogens is 500 g/mol. The van der Waals surface area contributed by atoms with E-state index in [0.717, 1.165) is 27.8 Å². The molecular formula is C30H28N2O5S. The smallest absolute Gasteiger partial charge is 0.264 e. The topological polar surface area (TPSA) is 88.4 Å². The molecule has 1 atom stereocenters. The van der Waals surface area contributed by atoms with Gasteiger partial charge in [-0.15, -0.1) is 0 Å². The fraction of sp³-hybridized carbons (Fsp3) is 0.167. The van der Waals surface area contributed by atoms with E-state index in [1.807, 2.05) is 55.5 Å². The Hall–Kier alpha value is -4.14. The molecule has 4 aromatic rings. The summed E-state index contributed by atoms with van der Waals surface area (Å²) in [6.45, 7) is 1.48. The van der Waals surface area contributed by atoms with Gasteiger partial charge in [0.05, 0.1) is 24.2 Å². The number of rotatable bonds is 9. The molecule has 0 amide bonds. The summed E-state index contributed by atoms with van der Waals surface area (Å²) >= 11 is 0. The quantitative estimate of drug-likeness (QED) is 0.272.